The van der Waals surface area contributed by atoms with Crippen LogP contribution in [0, 0.1) is 0 Å². The van der Waals surface area contributed by atoms with Gasteiger partial charge in [-0.25, -0.2) is 0 Å². The molecule has 2 rings (SSSR count). The largest absolute Gasteiger partial charge is 0.489 e. The van der Waals surface area contributed by atoms with Crippen molar-refractivity contribution in [2.24, 2.45) is 0 Å². The molecule has 1 saturated carbocycles. The molecule has 20 heavy (non-hydrogen) atoms. The highest BCUT2D eigenvalue weighted by Crippen LogP contribution is 2.29. The smallest absolute Gasteiger partial charge is 0.123 e. The van der Waals surface area contributed by atoms with E-state index >= 15 is 0 Å². The molecule has 2 unspecified atom stereocenters. The number of benzene rings is 1. The van der Waals surface area contributed by atoms with Crippen molar-refractivity contribution >= 4 is 0 Å². The molecule has 112 valence electrons. The van der Waals surface area contributed by atoms with Crippen molar-refractivity contribution in [3.8, 4) is 5.75 Å². The summed E-state index contributed by atoms with van der Waals surface area (Å²) in [6.07, 6.45) is 6.79. The van der Waals surface area contributed by atoms with Gasteiger partial charge in [-0.1, -0.05) is 44.9 Å². The average molecular weight is 275 g/mol. The summed E-state index contributed by atoms with van der Waals surface area (Å²) in [5, 5.41) is 3.64. The second kappa shape index (κ2) is 7.68. The van der Waals surface area contributed by atoms with Crippen molar-refractivity contribution in [2.45, 2.75) is 70.9 Å². The first-order chi connectivity index (χ1) is 9.70. The van der Waals surface area contributed by atoms with E-state index in [1.54, 1.807) is 0 Å². The van der Waals surface area contributed by atoms with Gasteiger partial charge in [0.1, 0.15) is 11.9 Å². The van der Waals surface area contributed by atoms with E-state index in [1.165, 1.54) is 31.2 Å². The molecule has 0 aromatic heterocycles. The van der Waals surface area contributed by atoms with E-state index in [0.29, 0.717) is 12.0 Å². The highest BCUT2D eigenvalue weighted by molar-refractivity contribution is 5.36. The van der Waals surface area contributed by atoms with Gasteiger partial charge in [-0.15, -0.1) is 0 Å². The number of ether oxygens (including phenoxy) is 1. The lowest BCUT2D eigenvalue weighted by Gasteiger charge is -2.21. The van der Waals surface area contributed by atoms with Crippen LogP contribution >= 0.6 is 0 Å². The monoisotopic (exact) mass is 275 g/mol. The zero-order valence-corrected chi connectivity index (χ0v) is 13.2. The van der Waals surface area contributed by atoms with Crippen molar-refractivity contribution in [1.29, 1.82) is 0 Å². The molecule has 2 nitrogen and oxygen atoms in total. The summed E-state index contributed by atoms with van der Waals surface area (Å²) in [5.74, 6) is 1.61. The van der Waals surface area contributed by atoms with Crippen LogP contribution in [0.3, 0.4) is 0 Å². The molecule has 0 saturated heterocycles. The Bertz CT molecular complexity index is 398. The first-order valence-electron chi connectivity index (χ1n) is 8.19. The molecule has 0 amide bonds. The molecule has 1 aliphatic carbocycles. The van der Waals surface area contributed by atoms with Gasteiger partial charge in [0.05, 0.1) is 0 Å². The van der Waals surface area contributed by atoms with Crippen molar-refractivity contribution in [2.75, 3.05) is 6.54 Å². The van der Waals surface area contributed by atoms with Gasteiger partial charge in [-0.3, -0.25) is 0 Å². The number of hydrogen-bond donors (Lipinski definition) is 1. The molecule has 0 aliphatic heterocycles. The molecule has 0 bridgehead atoms. The first-order valence-corrected chi connectivity index (χ1v) is 8.19. The maximum atomic E-state index is 6.17. The number of hydrogen-bond acceptors (Lipinski definition) is 2. The second-order valence-corrected chi connectivity index (χ2v) is 6.17. The molecule has 1 aromatic rings. The Kier molecular flexibility index (Phi) is 5.90. The lowest BCUT2D eigenvalue weighted by Crippen LogP contribution is -2.35. The predicted molar refractivity (Wildman–Crippen MR) is 85.5 cm³/mol. The van der Waals surface area contributed by atoms with Gasteiger partial charge in [-0.05, 0) is 43.7 Å². The Labute approximate surface area is 123 Å². The zero-order chi connectivity index (χ0) is 14.4. The van der Waals surface area contributed by atoms with E-state index in [9.17, 15) is 0 Å². The van der Waals surface area contributed by atoms with Gasteiger partial charge in [0.2, 0.25) is 0 Å². The Morgan fingerprint density at radius 2 is 1.90 bits per heavy atom. The maximum absolute atomic E-state index is 6.17. The SMILES string of the molecule is CCC(C)c1ccccc1OC(C)CNC1CCCC1. The lowest BCUT2D eigenvalue weighted by molar-refractivity contribution is 0.208. The number of rotatable bonds is 7. The van der Waals surface area contributed by atoms with Crippen LogP contribution < -0.4 is 10.1 Å². The summed E-state index contributed by atoms with van der Waals surface area (Å²) >= 11 is 0. The van der Waals surface area contributed by atoms with Crippen molar-refractivity contribution in [3.05, 3.63) is 29.8 Å². The third-order valence-corrected chi connectivity index (χ3v) is 4.44. The molecule has 0 spiro atoms. The van der Waals surface area contributed by atoms with Crippen LogP contribution in [0.5, 0.6) is 5.75 Å². The summed E-state index contributed by atoms with van der Waals surface area (Å²) in [6, 6.07) is 9.19. The van der Waals surface area contributed by atoms with E-state index < -0.39 is 0 Å². The fraction of sp³-hybridized carbons (Fsp3) is 0.667. The fourth-order valence-electron chi connectivity index (χ4n) is 2.94. The van der Waals surface area contributed by atoms with Gasteiger partial charge in [0.15, 0.2) is 0 Å². The average Bonchev–Trinajstić information content (AvgIpc) is 2.98. The molecule has 1 fully saturated rings. The summed E-state index contributed by atoms with van der Waals surface area (Å²) in [7, 11) is 0. The standard InChI is InChI=1S/C18H29NO/c1-4-14(2)17-11-7-8-12-18(17)20-15(3)13-19-16-9-5-6-10-16/h7-8,11-12,14-16,19H,4-6,9-10,13H2,1-3H3. The van der Waals surface area contributed by atoms with E-state index in [0.717, 1.165) is 18.7 Å². The van der Waals surface area contributed by atoms with Crippen LogP contribution in [0.1, 0.15) is 64.4 Å². The number of nitrogens with one attached hydrogen (secondary N) is 1. The Morgan fingerprint density at radius 1 is 1.20 bits per heavy atom. The topological polar surface area (TPSA) is 21.3 Å². The molecule has 2 atom stereocenters. The second-order valence-electron chi connectivity index (χ2n) is 6.17. The molecule has 2 heteroatoms. The van der Waals surface area contributed by atoms with Crippen LogP contribution in [0.15, 0.2) is 24.3 Å². The van der Waals surface area contributed by atoms with Crippen LogP contribution in [-0.4, -0.2) is 18.7 Å². The van der Waals surface area contributed by atoms with Crippen LogP contribution in [-0.2, 0) is 0 Å². The van der Waals surface area contributed by atoms with Gasteiger partial charge < -0.3 is 10.1 Å². The minimum Gasteiger partial charge on any atom is -0.489 e. The van der Waals surface area contributed by atoms with E-state index in [1.807, 2.05) is 0 Å². The fourth-order valence-corrected chi connectivity index (χ4v) is 2.94. The minimum atomic E-state index is 0.223. The summed E-state index contributed by atoms with van der Waals surface area (Å²) in [6.45, 7) is 7.60. The van der Waals surface area contributed by atoms with Gasteiger partial charge >= 0.3 is 0 Å². The van der Waals surface area contributed by atoms with E-state index in [-0.39, 0.29) is 6.10 Å². The zero-order valence-electron chi connectivity index (χ0n) is 13.2. The lowest BCUT2D eigenvalue weighted by atomic mass is 9.98. The minimum absolute atomic E-state index is 0.223. The van der Waals surface area contributed by atoms with Crippen LogP contribution in [0.4, 0.5) is 0 Å². The Morgan fingerprint density at radius 3 is 2.60 bits per heavy atom. The van der Waals surface area contributed by atoms with E-state index in [4.69, 9.17) is 4.74 Å². The van der Waals surface area contributed by atoms with Crippen molar-refractivity contribution in [3.63, 3.8) is 0 Å². The Balaban J connectivity index is 1.88. The molecular weight excluding hydrogens is 246 g/mol. The van der Waals surface area contributed by atoms with Crippen LogP contribution in [0.25, 0.3) is 0 Å². The molecular formula is C18H29NO. The van der Waals surface area contributed by atoms with Gasteiger partial charge in [0, 0.05) is 12.6 Å². The third-order valence-electron chi connectivity index (χ3n) is 4.44. The summed E-state index contributed by atoms with van der Waals surface area (Å²) in [4.78, 5) is 0. The quantitative estimate of drug-likeness (QED) is 0.791. The summed E-state index contributed by atoms with van der Waals surface area (Å²) < 4.78 is 6.17. The highest BCUT2D eigenvalue weighted by atomic mass is 16.5. The normalized spacial score (nSPS) is 18.9. The molecule has 1 N–H and O–H groups in total. The van der Waals surface area contributed by atoms with Crippen molar-refractivity contribution in [1.82, 2.24) is 5.32 Å². The highest BCUT2D eigenvalue weighted by Gasteiger charge is 2.16. The van der Waals surface area contributed by atoms with Gasteiger partial charge in [0.25, 0.3) is 0 Å². The molecule has 0 radical (unpaired) electrons. The Hall–Kier alpha value is -1.02. The third kappa shape index (κ3) is 4.24. The maximum Gasteiger partial charge on any atom is 0.123 e. The predicted octanol–water partition coefficient (Wildman–Crippen LogP) is 4.50. The molecule has 1 aromatic carbocycles. The molecule has 0 heterocycles. The molecule has 1 aliphatic rings. The van der Waals surface area contributed by atoms with E-state index in [2.05, 4.69) is 50.4 Å². The van der Waals surface area contributed by atoms with Crippen LogP contribution in [0.2, 0.25) is 0 Å². The first kappa shape index (κ1) is 15.4. The van der Waals surface area contributed by atoms with Gasteiger partial charge in [-0.2, -0.15) is 0 Å². The summed E-state index contributed by atoms with van der Waals surface area (Å²) in [5.41, 5.74) is 1.34. The van der Waals surface area contributed by atoms with Crippen molar-refractivity contribution < 1.29 is 4.74 Å². The number of para-hydroxylation sites is 1.